The normalized spacial score (nSPS) is 25.6. The van der Waals surface area contributed by atoms with Crippen LogP contribution in [0.4, 0.5) is 0 Å². The Balaban J connectivity index is 1.23. The number of benzene rings is 3. The van der Waals surface area contributed by atoms with Crippen molar-refractivity contribution in [1.82, 2.24) is 0 Å². The van der Waals surface area contributed by atoms with Crippen LogP contribution in [0.2, 0.25) is 0 Å². The second-order valence-corrected chi connectivity index (χ2v) is 10.9. The van der Waals surface area contributed by atoms with E-state index in [1.54, 1.807) is 7.11 Å². The lowest BCUT2D eigenvalue weighted by Gasteiger charge is -2.40. The minimum absolute atomic E-state index is 0.0417. The van der Waals surface area contributed by atoms with Gasteiger partial charge >= 0.3 is 5.97 Å². The van der Waals surface area contributed by atoms with Crippen molar-refractivity contribution in [1.29, 1.82) is 0 Å². The van der Waals surface area contributed by atoms with E-state index < -0.39 is 12.6 Å². The van der Waals surface area contributed by atoms with Gasteiger partial charge in [0.2, 0.25) is 0 Å². The zero-order chi connectivity index (χ0) is 29.9. The molecule has 0 bridgehead atoms. The highest BCUT2D eigenvalue weighted by Gasteiger charge is 2.37. The molecule has 0 aromatic heterocycles. The van der Waals surface area contributed by atoms with Crippen molar-refractivity contribution in [2.45, 2.75) is 82.6 Å². The number of rotatable bonds is 13. The lowest BCUT2D eigenvalue weighted by atomic mass is 9.96. The Labute approximate surface area is 254 Å². The van der Waals surface area contributed by atoms with E-state index in [9.17, 15) is 4.79 Å². The van der Waals surface area contributed by atoms with Gasteiger partial charge in [-0.3, -0.25) is 4.79 Å². The molecule has 6 atom stereocenters. The smallest absolute Gasteiger partial charge is 0.308 e. The Kier molecular flexibility index (Phi) is 11.6. The number of carbonyl (C=O) groups excluding carboxylic acids is 1. The van der Waals surface area contributed by atoms with E-state index in [0.717, 1.165) is 28.9 Å². The summed E-state index contributed by atoms with van der Waals surface area (Å²) in [7, 11) is 1.66. The molecule has 0 radical (unpaired) electrons. The van der Waals surface area contributed by atoms with Gasteiger partial charge in [-0.15, -0.1) is 0 Å². The molecular formula is C35H42O8. The molecule has 230 valence electrons. The van der Waals surface area contributed by atoms with Gasteiger partial charge in [0.25, 0.3) is 0 Å². The minimum Gasteiger partial charge on any atom is -0.497 e. The molecule has 2 heterocycles. The van der Waals surface area contributed by atoms with Crippen LogP contribution in [-0.2, 0) is 39.8 Å². The van der Waals surface area contributed by atoms with Gasteiger partial charge < -0.3 is 33.2 Å². The summed E-state index contributed by atoms with van der Waals surface area (Å²) in [4.78, 5) is 12.3. The first-order valence-electron chi connectivity index (χ1n) is 15.2. The fourth-order valence-corrected chi connectivity index (χ4v) is 5.55. The van der Waals surface area contributed by atoms with Gasteiger partial charge in [0.15, 0.2) is 12.6 Å². The lowest BCUT2D eigenvalue weighted by molar-refractivity contribution is -0.278. The van der Waals surface area contributed by atoms with Crippen molar-refractivity contribution in [3.8, 4) is 5.75 Å². The topological polar surface area (TPSA) is 81.7 Å². The summed E-state index contributed by atoms with van der Waals surface area (Å²) in [5.41, 5.74) is 2.99. The minimum atomic E-state index is -0.564. The summed E-state index contributed by atoms with van der Waals surface area (Å²) in [5, 5.41) is 0. The molecule has 5 rings (SSSR count). The molecule has 0 N–H and O–H groups in total. The van der Waals surface area contributed by atoms with Crippen molar-refractivity contribution >= 4 is 5.97 Å². The zero-order valence-corrected chi connectivity index (χ0v) is 25.0. The number of esters is 1. The van der Waals surface area contributed by atoms with E-state index in [4.69, 9.17) is 33.2 Å². The quantitative estimate of drug-likeness (QED) is 0.161. The molecule has 3 aromatic rings. The van der Waals surface area contributed by atoms with Gasteiger partial charge in [-0.25, -0.2) is 0 Å². The average molecular weight is 591 g/mol. The van der Waals surface area contributed by atoms with Crippen LogP contribution in [0.1, 0.15) is 68.3 Å². The van der Waals surface area contributed by atoms with Crippen LogP contribution in [0.5, 0.6) is 5.75 Å². The second-order valence-electron chi connectivity index (χ2n) is 10.9. The van der Waals surface area contributed by atoms with Gasteiger partial charge in [0.1, 0.15) is 5.75 Å². The largest absolute Gasteiger partial charge is 0.497 e. The van der Waals surface area contributed by atoms with Gasteiger partial charge in [0, 0.05) is 37.0 Å². The summed E-state index contributed by atoms with van der Waals surface area (Å²) in [6, 6.07) is 27.7. The summed E-state index contributed by atoms with van der Waals surface area (Å²) in [6.45, 7) is 3.24. The van der Waals surface area contributed by atoms with Crippen LogP contribution in [0.25, 0.3) is 0 Å². The van der Waals surface area contributed by atoms with Crippen LogP contribution in [0.15, 0.2) is 84.9 Å². The van der Waals surface area contributed by atoms with E-state index in [1.165, 1.54) is 0 Å². The van der Waals surface area contributed by atoms with Crippen LogP contribution in [-0.4, -0.2) is 50.7 Å². The summed E-state index contributed by atoms with van der Waals surface area (Å²) in [5.74, 6) is 0.564. The Morgan fingerprint density at radius 1 is 0.744 bits per heavy atom. The molecule has 8 heteroatoms. The number of methoxy groups -OCH3 is 1. The molecule has 0 saturated carbocycles. The molecule has 0 amide bonds. The maximum absolute atomic E-state index is 12.3. The predicted molar refractivity (Wildman–Crippen MR) is 160 cm³/mol. The summed E-state index contributed by atoms with van der Waals surface area (Å²) < 4.78 is 42.1. The first-order chi connectivity index (χ1) is 21.1. The molecular weight excluding hydrogens is 548 g/mol. The van der Waals surface area contributed by atoms with Crippen LogP contribution in [0.3, 0.4) is 0 Å². The van der Waals surface area contributed by atoms with Gasteiger partial charge in [-0.1, -0.05) is 72.8 Å². The van der Waals surface area contributed by atoms with E-state index in [1.807, 2.05) is 91.9 Å². The standard InChI is InChI=1S/C35H42O8/c1-3-39-33(36)23-32-22-31(42-35(43-32)27-12-8-5-9-13-27)21-30-20-29(40-34(41-30)26-10-6-4-7-11-26)18-19-38-24-25-14-16-28(37-2)17-15-25/h4-17,29-32,34-35H,3,18-24H2,1-2H3/t29-,30-,31-,32-,34-,35-/m0/s1. The molecule has 8 nitrogen and oxygen atoms in total. The molecule has 0 spiro atoms. The molecule has 2 saturated heterocycles. The fourth-order valence-electron chi connectivity index (χ4n) is 5.55. The molecule has 0 aliphatic carbocycles. The summed E-state index contributed by atoms with van der Waals surface area (Å²) >= 11 is 0. The molecule has 3 aromatic carbocycles. The lowest BCUT2D eigenvalue weighted by Crippen LogP contribution is -2.41. The Morgan fingerprint density at radius 2 is 1.30 bits per heavy atom. The maximum Gasteiger partial charge on any atom is 0.308 e. The van der Waals surface area contributed by atoms with Crippen molar-refractivity contribution < 1.29 is 38.0 Å². The van der Waals surface area contributed by atoms with Gasteiger partial charge in [0.05, 0.1) is 51.2 Å². The molecule has 2 aliphatic rings. The van der Waals surface area contributed by atoms with Crippen LogP contribution in [0, 0.1) is 0 Å². The van der Waals surface area contributed by atoms with Crippen LogP contribution < -0.4 is 4.74 Å². The number of carbonyl (C=O) groups is 1. The van der Waals surface area contributed by atoms with Crippen molar-refractivity contribution in [2.24, 2.45) is 0 Å². The predicted octanol–water partition coefficient (Wildman–Crippen LogP) is 6.69. The maximum atomic E-state index is 12.3. The summed E-state index contributed by atoms with van der Waals surface area (Å²) in [6.07, 6.45) is 1.22. The molecule has 43 heavy (non-hydrogen) atoms. The van der Waals surface area contributed by atoms with Gasteiger partial charge in [-0.05, 0) is 31.0 Å². The fraction of sp³-hybridized carbons (Fsp3) is 0.457. The zero-order valence-electron chi connectivity index (χ0n) is 25.0. The van der Waals surface area contributed by atoms with Gasteiger partial charge in [-0.2, -0.15) is 0 Å². The Bertz CT molecular complexity index is 1240. The van der Waals surface area contributed by atoms with Crippen molar-refractivity contribution in [3.05, 3.63) is 102 Å². The van der Waals surface area contributed by atoms with Crippen molar-refractivity contribution in [2.75, 3.05) is 20.3 Å². The average Bonchev–Trinajstić information content (AvgIpc) is 3.04. The Morgan fingerprint density at radius 3 is 1.88 bits per heavy atom. The molecule has 2 aliphatic heterocycles. The highest BCUT2D eigenvalue weighted by molar-refractivity contribution is 5.69. The monoisotopic (exact) mass is 590 g/mol. The highest BCUT2D eigenvalue weighted by Crippen LogP contribution is 2.37. The highest BCUT2D eigenvalue weighted by atomic mass is 16.7. The second kappa shape index (κ2) is 16.0. The van der Waals surface area contributed by atoms with E-state index in [-0.39, 0.29) is 36.8 Å². The third-order valence-corrected chi connectivity index (χ3v) is 7.70. The Hall–Kier alpha value is -3.27. The third-order valence-electron chi connectivity index (χ3n) is 7.70. The van der Waals surface area contributed by atoms with E-state index in [2.05, 4.69) is 0 Å². The number of hydrogen-bond acceptors (Lipinski definition) is 8. The SMILES string of the molecule is CCOC(=O)C[C@@H]1C[C@H](C[C@@H]2C[C@H](CCOCc3ccc(OC)cc3)O[C@H](c3ccccc3)O2)O[C@H](c2ccccc2)O1. The third kappa shape index (κ3) is 9.36. The first kappa shape index (κ1) is 31.2. The number of hydrogen-bond donors (Lipinski definition) is 0. The first-order valence-corrected chi connectivity index (χ1v) is 15.2. The molecule has 0 unspecified atom stereocenters. The number of ether oxygens (including phenoxy) is 7. The molecule has 2 fully saturated rings. The van der Waals surface area contributed by atoms with Crippen molar-refractivity contribution in [3.63, 3.8) is 0 Å². The van der Waals surface area contributed by atoms with Crippen LogP contribution >= 0.6 is 0 Å². The van der Waals surface area contributed by atoms with E-state index in [0.29, 0.717) is 39.1 Å². The van der Waals surface area contributed by atoms with E-state index >= 15 is 0 Å².